The molecule has 26 heavy (non-hydrogen) atoms. The monoisotopic (exact) mass is 392 g/mol. The molecule has 1 spiro atoms. The van der Waals surface area contributed by atoms with E-state index in [2.05, 4.69) is 4.72 Å². The number of alkyl halides is 1. The van der Waals surface area contributed by atoms with Crippen LogP contribution in [0.15, 0.2) is 0 Å². The van der Waals surface area contributed by atoms with E-state index in [0.717, 1.165) is 0 Å². The Morgan fingerprint density at radius 1 is 1.12 bits per heavy atom. The summed E-state index contributed by atoms with van der Waals surface area (Å²) in [6.45, 7) is 11.2. The third-order valence-corrected chi connectivity index (χ3v) is 7.62. The van der Waals surface area contributed by atoms with Crippen LogP contribution in [0.2, 0.25) is 0 Å². The summed E-state index contributed by atoms with van der Waals surface area (Å²) in [4.78, 5) is 13.9. The number of piperidine rings is 1. The Bertz CT molecular complexity index is 629. The highest BCUT2D eigenvalue weighted by Gasteiger charge is 2.53. The van der Waals surface area contributed by atoms with Crippen molar-refractivity contribution in [3.8, 4) is 0 Å². The molecule has 152 valence electrons. The molecule has 0 unspecified atom stereocenters. The van der Waals surface area contributed by atoms with E-state index < -0.39 is 38.0 Å². The van der Waals surface area contributed by atoms with E-state index in [9.17, 15) is 17.6 Å². The predicted octanol–water partition coefficient (Wildman–Crippen LogP) is 3.22. The van der Waals surface area contributed by atoms with Crippen LogP contribution < -0.4 is 4.72 Å². The number of hydrogen-bond donors (Lipinski definition) is 1. The lowest BCUT2D eigenvalue weighted by molar-refractivity contribution is 0.00681. The summed E-state index contributed by atoms with van der Waals surface area (Å²) >= 11 is 0. The number of ether oxygens (including phenoxy) is 1. The van der Waals surface area contributed by atoms with E-state index in [0.29, 0.717) is 38.8 Å². The molecule has 1 aliphatic carbocycles. The van der Waals surface area contributed by atoms with Crippen LogP contribution in [0.5, 0.6) is 0 Å². The van der Waals surface area contributed by atoms with Crippen molar-refractivity contribution in [2.24, 2.45) is 5.41 Å². The second-order valence-corrected chi connectivity index (χ2v) is 12.1. The molecule has 0 radical (unpaired) electrons. The van der Waals surface area contributed by atoms with Gasteiger partial charge < -0.3 is 9.64 Å². The fourth-order valence-corrected chi connectivity index (χ4v) is 4.78. The molecule has 8 heteroatoms. The van der Waals surface area contributed by atoms with Crippen molar-refractivity contribution in [3.05, 3.63) is 0 Å². The molecule has 1 N–H and O–H groups in total. The highest BCUT2D eigenvalue weighted by atomic mass is 32.2. The number of nitrogens with zero attached hydrogens (tertiary/aromatic N) is 1. The molecule has 2 fully saturated rings. The van der Waals surface area contributed by atoms with Crippen LogP contribution in [0.3, 0.4) is 0 Å². The van der Waals surface area contributed by atoms with Crippen LogP contribution >= 0.6 is 0 Å². The number of nitrogens with one attached hydrogen (secondary N) is 1. The lowest BCUT2D eigenvalue weighted by atomic mass is 9.74. The lowest BCUT2D eigenvalue weighted by Gasteiger charge is -2.44. The molecule has 1 saturated heterocycles. The molecular formula is C18H33FN2O4S. The summed E-state index contributed by atoms with van der Waals surface area (Å²) in [5.41, 5.74) is -0.995. The number of sulfonamides is 1. The lowest BCUT2D eigenvalue weighted by Crippen LogP contribution is -2.56. The maximum atomic E-state index is 14.6. The Labute approximate surface area is 156 Å². The zero-order valence-corrected chi connectivity index (χ0v) is 17.6. The molecule has 2 rings (SSSR count). The Morgan fingerprint density at radius 3 is 2.12 bits per heavy atom. The van der Waals surface area contributed by atoms with E-state index in [1.165, 1.54) is 0 Å². The number of likely N-dealkylation sites (tertiary alicyclic amines) is 1. The van der Waals surface area contributed by atoms with Crippen molar-refractivity contribution in [2.45, 2.75) is 89.8 Å². The molecule has 2 aliphatic rings. The second kappa shape index (κ2) is 6.93. The van der Waals surface area contributed by atoms with Crippen LogP contribution in [0.25, 0.3) is 0 Å². The van der Waals surface area contributed by atoms with Gasteiger partial charge in [-0.05, 0) is 72.6 Å². The van der Waals surface area contributed by atoms with E-state index in [1.54, 1.807) is 25.7 Å². The van der Waals surface area contributed by atoms with Gasteiger partial charge in [-0.25, -0.2) is 22.3 Å². The third-order valence-electron chi connectivity index (χ3n) is 5.44. The molecule has 0 bridgehead atoms. The smallest absolute Gasteiger partial charge is 0.410 e. The molecule has 2 atom stereocenters. The van der Waals surface area contributed by atoms with Crippen LogP contribution in [-0.4, -0.2) is 55.1 Å². The van der Waals surface area contributed by atoms with E-state index in [1.807, 2.05) is 20.8 Å². The highest BCUT2D eigenvalue weighted by molar-refractivity contribution is 7.90. The minimum atomic E-state index is -3.64. The quantitative estimate of drug-likeness (QED) is 0.783. The average molecular weight is 393 g/mol. The molecule has 1 heterocycles. The third kappa shape index (κ3) is 4.50. The molecule has 1 amide bonds. The number of amides is 1. The van der Waals surface area contributed by atoms with Gasteiger partial charge >= 0.3 is 6.09 Å². The minimum absolute atomic E-state index is 0.351. The summed E-state index contributed by atoms with van der Waals surface area (Å²) in [5.74, 6) is 0. The van der Waals surface area contributed by atoms with Gasteiger partial charge in [0.05, 0.1) is 10.8 Å². The van der Waals surface area contributed by atoms with Crippen LogP contribution in [0.1, 0.15) is 67.2 Å². The predicted molar refractivity (Wildman–Crippen MR) is 99.2 cm³/mol. The Kier molecular flexibility index (Phi) is 5.71. The first-order valence-electron chi connectivity index (χ1n) is 9.31. The van der Waals surface area contributed by atoms with Crippen LogP contribution in [-0.2, 0) is 14.8 Å². The van der Waals surface area contributed by atoms with Crippen LogP contribution in [0.4, 0.5) is 9.18 Å². The number of hydrogen-bond acceptors (Lipinski definition) is 4. The number of carbonyl (C=O) groups excluding carboxylic acids is 1. The topological polar surface area (TPSA) is 75.7 Å². The van der Waals surface area contributed by atoms with Gasteiger partial charge in [-0.2, -0.15) is 0 Å². The number of halogens is 1. The number of rotatable bonds is 2. The van der Waals surface area contributed by atoms with E-state index >= 15 is 0 Å². The van der Waals surface area contributed by atoms with Gasteiger partial charge in [-0.15, -0.1) is 0 Å². The Hall–Kier alpha value is -0.890. The minimum Gasteiger partial charge on any atom is -0.444 e. The zero-order valence-electron chi connectivity index (χ0n) is 16.8. The summed E-state index contributed by atoms with van der Waals surface area (Å²) in [7, 11) is -3.64. The second-order valence-electron chi connectivity index (χ2n) is 9.60. The standard InChI is InChI=1S/C18H33FN2O4S/c1-16(2,3)25-15(22)21-11-9-18(10-12-21)8-7-13(19)14(18)20-26(23,24)17(4,5)6/h13-14,20H,7-12H2,1-6H3/t13-,14+/m1/s1. The summed E-state index contributed by atoms with van der Waals surface area (Å²) in [6.07, 6.45) is 0.569. The van der Waals surface area contributed by atoms with Gasteiger partial charge in [-0.3, -0.25) is 0 Å². The SMILES string of the molecule is CC(C)(C)OC(=O)N1CCC2(CC[C@@H](F)[C@@H]2NS(=O)(=O)C(C)(C)C)CC1. The van der Waals surface area contributed by atoms with Crippen molar-refractivity contribution in [1.29, 1.82) is 0 Å². The molecule has 1 saturated carbocycles. The van der Waals surface area contributed by atoms with Gasteiger partial charge in [-0.1, -0.05) is 0 Å². The summed E-state index contributed by atoms with van der Waals surface area (Å²) < 4.78 is 46.7. The first-order valence-corrected chi connectivity index (χ1v) is 10.8. The molecule has 6 nitrogen and oxygen atoms in total. The number of carbonyl (C=O) groups is 1. The van der Waals surface area contributed by atoms with Crippen LogP contribution in [0, 0.1) is 5.41 Å². The van der Waals surface area contributed by atoms with Crippen molar-refractivity contribution >= 4 is 16.1 Å². The highest BCUT2D eigenvalue weighted by Crippen LogP contribution is 2.48. The molecule has 0 aromatic carbocycles. The first kappa shape index (κ1) is 21.4. The summed E-state index contributed by atoms with van der Waals surface area (Å²) in [5, 5.41) is 0. The fourth-order valence-electron chi connectivity index (χ4n) is 3.70. The fraction of sp³-hybridized carbons (Fsp3) is 0.944. The van der Waals surface area contributed by atoms with Crippen molar-refractivity contribution in [2.75, 3.05) is 13.1 Å². The molecule has 0 aromatic rings. The first-order chi connectivity index (χ1) is 11.7. The normalized spacial score (nSPS) is 27.0. The maximum absolute atomic E-state index is 14.6. The van der Waals surface area contributed by atoms with E-state index in [4.69, 9.17) is 4.74 Å². The summed E-state index contributed by atoms with van der Waals surface area (Å²) in [6, 6.07) is -0.729. The Balaban J connectivity index is 2.09. The van der Waals surface area contributed by atoms with Crippen molar-refractivity contribution in [3.63, 3.8) is 0 Å². The molecule has 0 aromatic heterocycles. The largest absolute Gasteiger partial charge is 0.444 e. The zero-order chi connectivity index (χ0) is 20.0. The Morgan fingerprint density at radius 2 is 1.65 bits per heavy atom. The maximum Gasteiger partial charge on any atom is 0.410 e. The van der Waals surface area contributed by atoms with Gasteiger partial charge in [0.15, 0.2) is 0 Å². The van der Waals surface area contributed by atoms with Crippen molar-refractivity contribution in [1.82, 2.24) is 9.62 Å². The van der Waals surface area contributed by atoms with Gasteiger partial charge in [0.25, 0.3) is 0 Å². The van der Waals surface area contributed by atoms with Gasteiger partial charge in [0.1, 0.15) is 11.8 Å². The van der Waals surface area contributed by atoms with Gasteiger partial charge in [0, 0.05) is 13.1 Å². The van der Waals surface area contributed by atoms with Crippen molar-refractivity contribution < 1.29 is 22.3 Å². The van der Waals surface area contributed by atoms with E-state index in [-0.39, 0.29) is 6.09 Å². The average Bonchev–Trinajstić information content (AvgIpc) is 2.74. The molecular weight excluding hydrogens is 359 g/mol. The molecule has 1 aliphatic heterocycles. The van der Waals surface area contributed by atoms with Gasteiger partial charge in [0.2, 0.25) is 10.0 Å².